The van der Waals surface area contributed by atoms with Crippen LogP contribution in [-0.4, -0.2) is 37.2 Å². The van der Waals surface area contributed by atoms with Crippen LogP contribution in [-0.2, 0) is 28.6 Å². The van der Waals surface area contributed by atoms with E-state index in [4.69, 9.17) is 14.2 Å². The molecule has 0 aliphatic rings. The van der Waals surface area contributed by atoms with Crippen molar-refractivity contribution in [2.75, 3.05) is 13.2 Å². The lowest BCUT2D eigenvalue weighted by Gasteiger charge is -2.18. The Hall–Kier alpha value is -1.85. The number of hydrogen-bond acceptors (Lipinski definition) is 6. The van der Waals surface area contributed by atoms with Crippen LogP contribution in [0.25, 0.3) is 0 Å². The van der Waals surface area contributed by atoms with Crippen molar-refractivity contribution in [2.45, 2.75) is 258 Å². The van der Waals surface area contributed by atoms with Gasteiger partial charge in [0.15, 0.2) is 6.10 Å². The summed E-state index contributed by atoms with van der Waals surface area (Å²) in [5.41, 5.74) is 0. The molecule has 0 bridgehead atoms. The number of hydrogen-bond donors (Lipinski definition) is 0. The Kier molecular flexibility index (Phi) is 41.4. The highest BCUT2D eigenvalue weighted by Gasteiger charge is 2.19. The van der Waals surface area contributed by atoms with E-state index in [9.17, 15) is 14.4 Å². The Morgan fingerprint density at radius 3 is 1.02 bits per heavy atom. The molecule has 0 aromatic carbocycles. The van der Waals surface area contributed by atoms with Crippen molar-refractivity contribution < 1.29 is 28.6 Å². The van der Waals surface area contributed by atoms with Gasteiger partial charge in [0, 0.05) is 19.3 Å². The molecule has 0 amide bonds. The molecule has 0 heterocycles. The Bertz CT molecular complexity index is 778. The number of unbranched alkanes of at least 4 members (excludes halogenated alkanes) is 29. The summed E-state index contributed by atoms with van der Waals surface area (Å²) >= 11 is 0. The fraction of sp³-hybridized carbons (Fsp3) is 0.894. The molecule has 0 N–H and O–H groups in total. The van der Waals surface area contributed by atoms with Crippen LogP contribution in [0.3, 0.4) is 0 Å². The Morgan fingerprint density at radius 1 is 0.377 bits per heavy atom. The largest absolute Gasteiger partial charge is 0.462 e. The van der Waals surface area contributed by atoms with Crippen LogP contribution < -0.4 is 0 Å². The predicted molar refractivity (Wildman–Crippen MR) is 224 cm³/mol. The van der Waals surface area contributed by atoms with Gasteiger partial charge in [-0.2, -0.15) is 0 Å². The summed E-state index contributed by atoms with van der Waals surface area (Å²) in [5.74, 6) is -0.872. The number of esters is 3. The lowest BCUT2D eigenvalue weighted by Crippen LogP contribution is -2.30. The SMILES string of the molecule is CCC=CCCCCCCCC(=O)OC(COC(=O)CCCCCCCCCCCCCCC)COC(=O)CCCCCCCCCCCCCCC. The van der Waals surface area contributed by atoms with E-state index < -0.39 is 6.10 Å². The van der Waals surface area contributed by atoms with E-state index in [2.05, 4.69) is 32.9 Å². The molecular weight excluding hydrogens is 661 g/mol. The van der Waals surface area contributed by atoms with Crippen LogP contribution in [0.5, 0.6) is 0 Å². The molecule has 0 aliphatic carbocycles. The summed E-state index contributed by atoms with van der Waals surface area (Å²) in [7, 11) is 0. The molecule has 53 heavy (non-hydrogen) atoms. The van der Waals surface area contributed by atoms with Crippen LogP contribution in [0.4, 0.5) is 0 Å². The quantitative estimate of drug-likeness (QED) is 0.0268. The molecule has 312 valence electrons. The number of carbonyl (C=O) groups excluding carboxylic acids is 3. The molecule has 0 saturated heterocycles. The average Bonchev–Trinajstić information content (AvgIpc) is 3.15. The standard InChI is InChI=1S/C47H88O6/c1-4-7-10-13-16-19-21-23-25-28-30-33-36-39-45(48)51-42-44(53-47(50)41-38-35-32-27-18-15-12-9-6-3)43-52-46(49)40-37-34-31-29-26-24-22-20-17-14-11-8-5-2/h9,12,44H,4-8,10-11,13-43H2,1-3H3. The van der Waals surface area contributed by atoms with Gasteiger partial charge in [-0.3, -0.25) is 14.4 Å². The fourth-order valence-electron chi connectivity index (χ4n) is 6.80. The lowest BCUT2D eigenvalue weighted by atomic mass is 10.0. The molecule has 0 fully saturated rings. The molecule has 6 heteroatoms. The minimum absolute atomic E-state index is 0.0691. The molecule has 0 atom stereocenters. The molecular formula is C47H88O6. The van der Waals surface area contributed by atoms with Gasteiger partial charge in [-0.15, -0.1) is 0 Å². The van der Waals surface area contributed by atoms with E-state index in [0.717, 1.165) is 77.0 Å². The first kappa shape index (κ1) is 51.1. The van der Waals surface area contributed by atoms with Crippen LogP contribution in [0.15, 0.2) is 12.2 Å². The van der Waals surface area contributed by atoms with Crippen molar-refractivity contribution in [3.8, 4) is 0 Å². The van der Waals surface area contributed by atoms with E-state index in [-0.39, 0.29) is 31.1 Å². The van der Waals surface area contributed by atoms with Crippen LogP contribution in [0.1, 0.15) is 252 Å². The maximum atomic E-state index is 12.7. The minimum Gasteiger partial charge on any atom is -0.462 e. The maximum Gasteiger partial charge on any atom is 0.306 e. The number of carbonyl (C=O) groups is 3. The van der Waals surface area contributed by atoms with Gasteiger partial charge >= 0.3 is 17.9 Å². The van der Waals surface area contributed by atoms with Gasteiger partial charge in [-0.25, -0.2) is 0 Å². The third-order valence-electron chi connectivity index (χ3n) is 10.3. The third kappa shape index (κ3) is 41.2. The fourth-order valence-corrected chi connectivity index (χ4v) is 6.80. The van der Waals surface area contributed by atoms with Crippen molar-refractivity contribution >= 4 is 17.9 Å². The van der Waals surface area contributed by atoms with Gasteiger partial charge in [0.2, 0.25) is 0 Å². The van der Waals surface area contributed by atoms with E-state index in [0.29, 0.717) is 19.3 Å². The first-order valence-electron chi connectivity index (χ1n) is 23.2. The van der Waals surface area contributed by atoms with E-state index in [1.165, 1.54) is 135 Å². The van der Waals surface area contributed by atoms with Crippen LogP contribution in [0.2, 0.25) is 0 Å². The average molecular weight is 749 g/mol. The highest BCUT2D eigenvalue weighted by molar-refractivity contribution is 5.71. The molecule has 0 unspecified atom stereocenters. The van der Waals surface area contributed by atoms with E-state index in [1.54, 1.807) is 0 Å². The van der Waals surface area contributed by atoms with Crippen molar-refractivity contribution in [3.63, 3.8) is 0 Å². The second-order valence-corrected chi connectivity index (χ2v) is 15.6. The molecule has 0 radical (unpaired) electrons. The summed E-state index contributed by atoms with van der Waals surface area (Å²) in [6.45, 7) is 6.54. The van der Waals surface area contributed by atoms with Gasteiger partial charge in [0.25, 0.3) is 0 Å². The Morgan fingerprint density at radius 2 is 0.679 bits per heavy atom. The first-order chi connectivity index (χ1) is 26.0. The zero-order valence-electron chi connectivity index (χ0n) is 35.6. The molecule has 0 rings (SSSR count). The number of rotatable bonds is 42. The smallest absolute Gasteiger partial charge is 0.306 e. The summed E-state index contributed by atoms with van der Waals surface area (Å²) in [6.07, 6.45) is 44.8. The van der Waals surface area contributed by atoms with Gasteiger partial charge in [-0.1, -0.05) is 206 Å². The molecule has 0 aromatic heterocycles. The predicted octanol–water partition coefficient (Wildman–Crippen LogP) is 14.6. The van der Waals surface area contributed by atoms with Gasteiger partial charge < -0.3 is 14.2 Å². The maximum absolute atomic E-state index is 12.7. The summed E-state index contributed by atoms with van der Waals surface area (Å²) in [4.78, 5) is 37.7. The van der Waals surface area contributed by atoms with Gasteiger partial charge in [-0.05, 0) is 38.5 Å². The molecule has 0 saturated carbocycles. The van der Waals surface area contributed by atoms with Crippen molar-refractivity contribution in [3.05, 3.63) is 12.2 Å². The summed E-state index contributed by atoms with van der Waals surface area (Å²) in [5, 5.41) is 0. The highest BCUT2D eigenvalue weighted by Crippen LogP contribution is 2.15. The topological polar surface area (TPSA) is 78.9 Å². The van der Waals surface area contributed by atoms with E-state index in [1.807, 2.05) is 0 Å². The Balaban J connectivity index is 4.29. The monoisotopic (exact) mass is 749 g/mol. The molecule has 0 aliphatic heterocycles. The van der Waals surface area contributed by atoms with Crippen molar-refractivity contribution in [1.29, 1.82) is 0 Å². The summed E-state index contributed by atoms with van der Waals surface area (Å²) < 4.78 is 16.7. The van der Waals surface area contributed by atoms with E-state index >= 15 is 0 Å². The normalized spacial score (nSPS) is 11.5. The Labute approximate surface area is 329 Å². The highest BCUT2D eigenvalue weighted by atomic mass is 16.6. The first-order valence-corrected chi connectivity index (χ1v) is 23.2. The zero-order valence-corrected chi connectivity index (χ0v) is 35.6. The number of allylic oxidation sites excluding steroid dienone is 2. The van der Waals surface area contributed by atoms with Crippen molar-refractivity contribution in [1.82, 2.24) is 0 Å². The number of ether oxygens (including phenoxy) is 3. The third-order valence-corrected chi connectivity index (χ3v) is 10.3. The van der Waals surface area contributed by atoms with Crippen LogP contribution >= 0.6 is 0 Å². The zero-order chi connectivity index (χ0) is 38.7. The lowest BCUT2D eigenvalue weighted by molar-refractivity contribution is -0.167. The second kappa shape index (κ2) is 42.9. The van der Waals surface area contributed by atoms with Gasteiger partial charge in [0.05, 0.1) is 0 Å². The van der Waals surface area contributed by atoms with Crippen LogP contribution in [0, 0.1) is 0 Å². The molecule has 0 spiro atoms. The summed E-state index contributed by atoms with van der Waals surface area (Å²) in [6, 6.07) is 0. The molecule has 6 nitrogen and oxygen atoms in total. The van der Waals surface area contributed by atoms with Crippen molar-refractivity contribution in [2.24, 2.45) is 0 Å². The molecule has 0 aromatic rings. The van der Waals surface area contributed by atoms with Gasteiger partial charge in [0.1, 0.15) is 13.2 Å². The second-order valence-electron chi connectivity index (χ2n) is 15.6. The minimum atomic E-state index is -0.765.